The highest BCUT2D eigenvalue weighted by Gasteiger charge is 2.29. The number of guanidine groups is 1. The molecule has 1 aromatic rings. The standard InChI is InChI=1S/C18H23F3N4O2/c1-22-17(24-11-12-25-15(26)3-2-4-16(25)27)23-10-9-13-5-7-14(8-6-13)18(19,20)21/h5-8H,2-4,9-12H2,1H3,(H2,22,23,24). The lowest BCUT2D eigenvalue weighted by molar-refractivity contribution is -0.147. The highest BCUT2D eigenvalue weighted by Crippen LogP contribution is 2.29. The monoisotopic (exact) mass is 384 g/mol. The molecule has 6 nitrogen and oxygen atoms in total. The number of benzene rings is 1. The fourth-order valence-corrected chi connectivity index (χ4v) is 2.74. The van der Waals surface area contributed by atoms with Crippen molar-refractivity contribution in [2.24, 2.45) is 4.99 Å². The van der Waals surface area contributed by atoms with E-state index in [0.717, 1.165) is 17.7 Å². The number of nitrogens with one attached hydrogen (secondary N) is 2. The van der Waals surface area contributed by atoms with E-state index in [2.05, 4.69) is 15.6 Å². The minimum Gasteiger partial charge on any atom is -0.356 e. The molecule has 1 fully saturated rings. The van der Waals surface area contributed by atoms with Gasteiger partial charge in [-0.15, -0.1) is 0 Å². The lowest BCUT2D eigenvalue weighted by atomic mass is 10.1. The second-order valence-corrected chi connectivity index (χ2v) is 6.16. The van der Waals surface area contributed by atoms with Gasteiger partial charge >= 0.3 is 6.18 Å². The van der Waals surface area contributed by atoms with Gasteiger partial charge < -0.3 is 10.6 Å². The first-order valence-corrected chi connectivity index (χ1v) is 8.75. The molecule has 1 heterocycles. The van der Waals surface area contributed by atoms with Crippen LogP contribution in [0.2, 0.25) is 0 Å². The maximum atomic E-state index is 12.5. The molecule has 1 aliphatic heterocycles. The Bertz CT molecular complexity index is 671. The van der Waals surface area contributed by atoms with E-state index in [1.807, 2.05) is 0 Å². The molecule has 2 rings (SSSR count). The van der Waals surface area contributed by atoms with Crippen molar-refractivity contribution >= 4 is 17.8 Å². The van der Waals surface area contributed by atoms with Gasteiger partial charge in [-0.3, -0.25) is 19.5 Å². The Kier molecular flexibility index (Phi) is 7.20. The molecule has 0 aromatic heterocycles. The first-order chi connectivity index (χ1) is 12.8. The largest absolute Gasteiger partial charge is 0.416 e. The SMILES string of the molecule is CN=C(NCCc1ccc(C(F)(F)F)cc1)NCCN1C(=O)CCCC1=O. The van der Waals surface area contributed by atoms with Gasteiger partial charge in [0, 0.05) is 39.5 Å². The molecule has 0 bridgehead atoms. The molecule has 1 aromatic carbocycles. The first kappa shape index (κ1) is 20.7. The molecule has 2 amide bonds. The van der Waals surface area contributed by atoms with Crippen LogP contribution < -0.4 is 10.6 Å². The summed E-state index contributed by atoms with van der Waals surface area (Å²) < 4.78 is 37.6. The Morgan fingerprint density at radius 3 is 2.22 bits per heavy atom. The number of aliphatic imine (C=N–C) groups is 1. The number of nitrogens with zero attached hydrogens (tertiary/aromatic N) is 2. The number of alkyl halides is 3. The van der Waals surface area contributed by atoms with Crippen molar-refractivity contribution in [3.05, 3.63) is 35.4 Å². The number of hydrogen-bond acceptors (Lipinski definition) is 3. The molecule has 0 radical (unpaired) electrons. The molecular weight excluding hydrogens is 361 g/mol. The van der Waals surface area contributed by atoms with Crippen molar-refractivity contribution in [2.45, 2.75) is 31.9 Å². The Morgan fingerprint density at radius 1 is 1.07 bits per heavy atom. The van der Waals surface area contributed by atoms with E-state index in [1.165, 1.54) is 17.0 Å². The van der Waals surface area contributed by atoms with Crippen molar-refractivity contribution in [2.75, 3.05) is 26.7 Å². The topological polar surface area (TPSA) is 73.8 Å². The number of likely N-dealkylation sites (tertiary alicyclic amines) is 1. The minimum absolute atomic E-state index is 0.154. The summed E-state index contributed by atoms with van der Waals surface area (Å²) in [5, 5.41) is 6.07. The van der Waals surface area contributed by atoms with E-state index in [4.69, 9.17) is 0 Å². The Morgan fingerprint density at radius 2 is 1.67 bits per heavy atom. The normalized spacial score (nSPS) is 15.9. The Hall–Kier alpha value is -2.58. The molecule has 1 aliphatic rings. The van der Waals surface area contributed by atoms with Gasteiger partial charge in [0.2, 0.25) is 11.8 Å². The van der Waals surface area contributed by atoms with Crippen molar-refractivity contribution in [1.29, 1.82) is 0 Å². The van der Waals surface area contributed by atoms with Gasteiger partial charge in [-0.25, -0.2) is 0 Å². The minimum atomic E-state index is -4.33. The Labute approximate surface area is 155 Å². The number of halogens is 3. The van der Waals surface area contributed by atoms with Gasteiger partial charge in [0.25, 0.3) is 0 Å². The lowest BCUT2D eigenvalue weighted by Crippen LogP contribution is -2.46. The van der Waals surface area contributed by atoms with Crippen molar-refractivity contribution in [1.82, 2.24) is 15.5 Å². The van der Waals surface area contributed by atoms with Crippen LogP contribution in [0.4, 0.5) is 13.2 Å². The predicted molar refractivity (Wildman–Crippen MR) is 95.1 cm³/mol. The summed E-state index contributed by atoms with van der Waals surface area (Å²) in [4.78, 5) is 28.8. The number of imide groups is 1. The molecule has 1 saturated heterocycles. The van der Waals surface area contributed by atoms with Crippen molar-refractivity contribution in [3.63, 3.8) is 0 Å². The third-order valence-electron chi connectivity index (χ3n) is 4.22. The second-order valence-electron chi connectivity index (χ2n) is 6.16. The molecule has 148 valence electrons. The third kappa shape index (κ3) is 6.26. The van der Waals surface area contributed by atoms with Crippen LogP contribution in [0, 0.1) is 0 Å². The maximum Gasteiger partial charge on any atom is 0.416 e. The smallest absolute Gasteiger partial charge is 0.356 e. The van der Waals surface area contributed by atoms with Crippen LogP contribution in [0.1, 0.15) is 30.4 Å². The number of piperidine rings is 1. The van der Waals surface area contributed by atoms with Crippen LogP contribution in [0.3, 0.4) is 0 Å². The van der Waals surface area contributed by atoms with Crippen molar-refractivity contribution in [3.8, 4) is 0 Å². The fraction of sp³-hybridized carbons (Fsp3) is 0.500. The molecule has 27 heavy (non-hydrogen) atoms. The van der Waals surface area contributed by atoms with Gasteiger partial charge in [0.1, 0.15) is 0 Å². The highest BCUT2D eigenvalue weighted by atomic mass is 19.4. The summed E-state index contributed by atoms with van der Waals surface area (Å²) in [5.41, 5.74) is 0.106. The summed E-state index contributed by atoms with van der Waals surface area (Å²) in [6.45, 7) is 1.13. The zero-order valence-electron chi connectivity index (χ0n) is 15.1. The van der Waals surface area contributed by atoms with Crippen LogP contribution >= 0.6 is 0 Å². The van der Waals surface area contributed by atoms with Crippen molar-refractivity contribution < 1.29 is 22.8 Å². The second kappa shape index (κ2) is 9.38. The van der Waals surface area contributed by atoms with Gasteiger partial charge in [-0.2, -0.15) is 13.2 Å². The molecule has 2 N–H and O–H groups in total. The van der Waals surface area contributed by atoms with E-state index >= 15 is 0 Å². The molecule has 0 aliphatic carbocycles. The van der Waals surface area contributed by atoms with Gasteiger partial charge in [0.05, 0.1) is 5.56 Å². The van der Waals surface area contributed by atoms with Crippen LogP contribution in [0.5, 0.6) is 0 Å². The summed E-state index contributed by atoms with van der Waals surface area (Å²) >= 11 is 0. The van der Waals surface area contributed by atoms with Crippen LogP contribution in [0.25, 0.3) is 0 Å². The number of rotatable bonds is 6. The number of amides is 2. The highest BCUT2D eigenvalue weighted by molar-refractivity contribution is 5.97. The van der Waals surface area contributed by atoms with Gasteiger partial charge in [-0.05, 0) is 30.5 Å². The molecule has 0 saturated carbocycles. The van der Waals surface area contributed by atoms with E-state index in [0.29, 0.717) is 44.7 Å². The lowest BCUT2D eigenvalue weighted by Gasteiger charge is -2.25. The quantitative estimate of drug-likeness (QED) is 0.447. The van der Waals surface area contributed by atoms with Crippen LogP contribution in [-0.2, 0) is 22.2 Å². The summed E-state index contributed by atoms with van der Waals surface area (Å²) in [7, 11) is 1.59. The zero-order valence-corrected chi connectivity index (χ0v) is 15.1. The maximum absolute atomic E-state index is 12.5. The van der Waals surface area contributed by atoms with Gasteiger partial charge in [0.15, 0.2) is 5.96 Å². The van der Waals surface area contributed by atoms with E-state index in [9.17, 15) is 22.8 Å². The zero-order chi connectivity index (χ0) is 19.9. The summed E-state index contributed by atoms with van der Waals surface area (Å²) in [5.74, 6) is 0.190. The molecule has 9 heteroatoms. The van der Waals surface area contributed by atoms with Gasteiger partial charge in [-0.1, -0.05) is 12.1 Å². The summed E-state index contributed by atoms with van der Waals surface area (Å²) in [6.07, 6.45) is -2.41. The average molecular weight is 384 g/mol. The van der Waals surface area contributed by atoms with Crippen LogP contribution in [-0.4, -0.2) is 49.4 Å². The third-order valence-corrected chi connectivity index (χ3v) is 4.22. The van der Waals surface area contributed by atoms with E-state index in [1.54, 1.807) is 7.05 Å². The van der Waals surface area contributed by atoms with Crippen LogP contribution in [0.15, 0.2) is 29.3 Å². The summed E-state index contributed by atoms with van der Waals surface area (Å²) in [6, 6.07) is 5.03. The average Bonchev–Trinajstić information content (AvgIpc) is 2.62. The Balaban J connectivity index is 1.72. The first-order valence-electron chi connectivity index (χ1n) is 8.75. The van der Waals surface area contributed by atoms with E-state index in [-0.39, 0.29) is 18.4 Å². The van der Waals surface area contributed by atoms with E-state index < -0.39 is 11.7 Å². The molecule has 0 atom stereocenters. The molecular formula is C18H23F3N4O2. The fourth-order valence-electron chi connectivity index (χ4n) is 2.74. The predicted octanol–water partition coefficient (Wildman–Crippen LogP) is 1.95. The molecule has 0 unspecified atom stereocenters. The number of hydrogen-bond donors (Lipinski definition) is 2. The number of carbonyl (C=O) groups is 2. The molecule has 0 spiro atoms. The number of carbonyl (C=O) groups excluding carboxylic acids is 2.